The largest absolute Gasteiger partial charge is 0.444 e. The van der Waals surface area contributed by atoms with Crippen LogP contribution in [0.15, 0.2) is 36.4 Å². The summed E-state index contributed by atoms with van der Waals surface area (Å²) in [5.74, 6) is -0.474. The van der Waals surface area contributed by atoms with Gasteiger partial charge in [0.05, 0.1) is 16.9 Å². The molecular formula is C22H28F3N3O3. The number of nitrogens with two attached hydrogens (primary N) is 1. The van der Waals surface area contributed by atoms with Gasteiger partial charge in [-0.15, -0.1) is 0 Å². The molecular weight excluding hydrogens is 411 g/mol. The van der Waals surface area contributed by atoms with Crippen LogP contribution in [0.5, 0.6) is 0 Å². The van der Waals surface area contributed by atoms with Gasteiger partial charge in [0.2, 0.25) is 0 Å². The maximum atomic E-state index is 13.7. The molecule has 1 aromatic heterocycles. The molecule has 6 nitrogen and oxygen atoms in total. The number of carbonyl (C=O) groups excluding carboxylic acids is 1. The van der Waals surface area contributed by atoms with Crippen molar-refractivity contribution in [1.29, 1.82) is 0 Å². The molecule has 2 aromatic rings. The molecule has 1 amide bonds. The van der Waals surface area contributed by atoms with E-state index in [9.17, 15) is 23.1 Å². The van der Waals surface area contributed by atoms with Gasteiger partial charge in [0.1, 0.15) is 11.4 Å². The number of alkyl carbamates (subject to hydrolysis) is 1. The van der Waals surface area contributed by atoms with Gasteiger partial charge in [-0.3, -0.25) is 0 Å². The smallest absolute Gasteiger partial charge is 0.408 e. The Kier molecular flexibility index (Phi) is 7.02. The van der Waals surface area contributed by atoms with E-state index in [4.69, 9.17) is 10.5 Å². The first-order chi connectivity index (χ1) is 14.2. The van der Waals surface area contributed by atoms with Gasteiger partial charge < -0.3 is 20.9 Å². The highest BCUT2D eigenvalue weighted by Crippen LogP contribution is 2.33. The number of benzene rings is 1. The third-order valence-corrected chi connectivity index (χ3v) is 4.62. The second-order valence-corrected chi connectivity index (χ2v) is 8.81. The predicted octanol–water partition coefficient (Wildman–Crippen LogP) is 4.06. The van der Waals surface area contributed by atoms with E-state index in [1.54, 1.807) is 40.7 Å². The van der Waals surface area contributed by atoms with Crippen LogP contribution in [0.2, 0.25) is 0 Å². The molecule has 0 fully saturated rings. The van der Waals surface area contributed by atoms with E-state index in [-0.39, 0.29) is 11.4 Å². The number of hydrogen-bond donors (Lipinski definition) is 3. The van der Waals surface area contributed by atoms with Gasteiger partial charge >= 0.3 is 6.09 Å². The highest BCUT2D eigenvalue weighted by atomic mass is 19.3. The normalized spacial score (nSPS) is 14.3. The molecule has 2 rings (SSSR count). The monoisotopic (exact) mass is 439 g/mol. The van der Waals surface area contributed by atoms with Crippen LogP contribution in [0, 0.1) is 5.82 Å². The molecule has 1 aromatic carbocycles. The van der Waals surface area contributed by atoms with Crippen LogP contribution in [0.25, 0.3) is 11.3 Å². The summed E-state index contributed by atoms with van der Waals surface area (Å²) < 4.78 is 46.0. The number of ether oxygens (including phenoxy) is 1. The zero-order chi connectivity index (χ0) is 23.6. The van der Waals surface area contributed by atoms with Crippen LogP contribution < -0.4 is 11.1 Å². The fourth-order valence-corrected chi connectivity index (χ4v) is 2.82. The molecule has 0 aliphatic rings. The Morgan fingerprint density at radius 2 is 1.74 bits per heavy atom. The minimum Gasteiger partial charge on any atom is -0.444 e. The minimum atomic E-state index is -3.21. The van der Waals surface area contributed by atoms with Crippen molar-refractivity contribution < 1.29 is 27.8 Å². The lowest BCUT2D eigenvalue weighted by molar-refractivity contribution is -0.0975. The average molecular weight is 439 g/mol. The van der Waals surface area contributed by atoms with Crippen LogP contribution in [0.3, 0.4) is 0 Å². The summed E-state index contributed by atoms with van der Waals surface area (Å²) in [6, 6.07) is 8.11. The van der Waals surface area contributed by atoms with Crippen LogP contribution in [0.4, 0.5) is 18.0 Å². The predicted molar refractivity (Wildman–Crippen MR) is 111 cm³/mol. The number of pyridine rings is 1. The lowest BCUT2D eigenvalue weighted by atomic mass is 9.89. The van der Waals surface area contributed by atoms with Gasteiger partial charge in [-0.1, -0.05) is 0 Å². The van der Waals surface area contributed by atoms with Crippen molar-refractivity contribution in [3.05, 3.63) is 53.5 Å². The van der Waals surface area contributed by atoms with Crippen molar-refractivity contribution in [1.82, 2.24) is 10.3 Å². The number of nitrogens with zero attached hydrogens (tertiary/aromatic N) is 1. The van der Waals surface area contributed by atoms with E-state index in [1.165, 1.54) is 30.3 Å². The Morgan fingerprint density at radius 3 is 2.23 bits per heavy atom. The van der Waals surface area contributed by atoms with Gasteiger partial charge in [0.15, 0.2) is 5.60 Å². The summed E-state index contributed by atoms with van der Waals surface area (Å²) in [4.78, 5) is 16.5. The quantitative estimate of drug-likeness (QED) is 0.631. The maximum Gasteiger partial charge on any atom is 0.408 e. The second kappa shape index (κ2) is 8.84. The number of rotatable bonds is 6. The third-order valence-electron chi connectivity index (χ3n) is 4.62. The Labute approximate surface area is 179 Å². The average Bonchev–Trinajstić information content (AvgIpc) is 2.65. The first-order valence-corrected chi connectivity index (χ1v) is 9.69. The number of hydrogen-bond acceptors (Lipinski definition) is 5. The summed E-state index contributed by atoms with van der Waals surface area (Å²) in [6.45, 7) is 7.65. The van der Waals surface area contributed by atoms with Crippen molar-refractivity contribution in [3.63, 3.8) is 0 Å². The summed E-state index contributed by atoms with van der Waals surface area (Å²) in [5, 5.41) is 13.2. The number of carbonyl (C=O) groups is 1. The van der Waals surface area contributed by atoms with Crippen molar-refractivity contribution >= 4 is 6.09 Å². The second-order valence-electron chi connectivity index (χ2n) is 8.81. The standard InChI is InChI=1S/C22H28F3N3O3/c1-20(2,3)31-19(29)28-21(4,5)14-10-16(13-6-8-15(23)9-7-13)27-17(11-14)22(30,12-26)18(24)25/h6-11,18,30H,12,26H2,1-5H3,(H,28,29). The molecule has 31 heavy (non-hydrogen) atoms. The van der Waals surface area contributed by atoms with E-state index >= 15 is 0 Å². The highest BCUT2D eigenvalue weighted by molar-refractivity contribution is 5.69. The van der Waals surface area contributed by atoms with E-state index in [1.807, 2.05) is 0 Å². The molecule has 0 radical (unpaired) electrons. The van der Waals surface area contributed by atoms with Gasteiger partial charge in [0, 0.05) is 12.1 Å². The Balaban J connectivity index is 2.60. The lowest BCUT2D eigenvalue weighted by Gasteiger charge is -2.31. The number of amides is 1. The van der Waals surface area contributed by atoms with Crippen LogP contribution in [-0.2, 0) is 15.9 Å². The van der Waals surface area contributed by atoms with E-state index in [0.717, 1.165) is 0 Å². The van der Waals surface area contributed by atoms with Gasteiger partial charge in [-0.2, -0.15) is 0 Å². The topological polar surface area (TPSA) is 97.5 Å². The summed E-state index contributed by atoms with van der Waals surface area (Å²) in [5.41, 5.74) is 1.57. The van der Waals surface area contributed by atoms with E-state index in [2.05, 4.69) is 10.3 Å². The van der Waals surface area contributed by atoms with Crippen molar-refractivity contribution in [2.75, 3.05) is 6.54 Å². The number of alkyl halides is 2. The number of halogens is 3. The van der Waals surface area contributed by atoms with Crippen LogP contribution in [0.1, 0.15) is 45.9 Å². The first kappa shape index (κ1) is 24.6. The molecule has 9 heteroatoms. The number of nitrogens with one attached hydrogen (secondary N) is 1. The van der Waals surface area contributed by atoms with Gasteiger partial charge in [0.25, 0.3) is 6.43 Å². The molecule has 4 N–H and O–H groups in total. The molecule has 0 aliphatic heterocycles. The Bertz CT molecular complexity index is 928. The SMILES string of the molecule is CC(C)(C)OC(=O)NC(C)(C)c1cc(-c2ccc(F)cc2)nc(C(O)(CN)C(F)F)c1. The Hall–Kier alpha value is -2.65. The number of aliphatic hydroxyl groups is 1. The number of aromatic nitrogens is 1. The van der Waals surface area contributed by atoms with Crippen molar-refractivity contribution in [3.8, 4) is 11.3 Å². The third kappa shape index (κ3) is 5.95. The Morgan fingerprint density at radius 1 is 1.16 bits per heavy atom. The molecule has 0 spiro atoms. The molecule has 0 bridgehead atoms. The molecule has 1 heterocycles. The molecule has 1 unspecified atom stereocenters. The molecule has 0 saturated heterocycles. The summed E-state index contributed by atoms with van der Waals surface area (Å²) >= 11 is 0. The lowest BCUT2D eigenvalue weighted by Crippen LogP contribution is -2.45. The van der Waals surface area contributed by atoms with Gasteiger partial charge in [-0.05, 0) is 76.6 Å². The molecule has 0 aliphatic carbocycles. The fourth-order valence-electron chi connectivity index (χ4n) is 2.82. The maximum absolute atomic E-state index is 13.7. The van der Waals surface area contributed by atoms with E-state index in [0.29, 0.717) is 11.1 Å². The van der Waals surface area contributed by atoms with Gasteiger partial charge in [-0.25, -0.2) is 22.9 Å². The van der Waals surface area contributed by atoms with Crippen LogP contribution in [-0.4, -0.2) is 34.8 Å². The van der Waals surface area contributed by atoms with Crippen molar-refractivity contribution in [2.24, 2.45) is 5.73 Å². The van der Waals surface area contributed by atoms with Crippen LogP contribution >= 0.6 is 0 Å². The molecule has 0 saturated carbocycles. The molecule has 1 atom stereocenters. The highest BCUT2D eigenvalue weighted by Gasteiger charge is 2.41. The minimum absolute atomic E-state index is 0.207. The zero-order valence-corrected chi connectivity index (χ0v) is 18.2. The first-order valence-electron chi connectivity index (χ1n) is 9.69. The summed E-state index contributed by atoms with van der Waals surface area (Å²) in [6.07, 6.45) is -3.91. The van der Waals surface area contributed by atoms with E-state index < -0.39 is 41.6 Å². The fraction of sp³-hybridized carbons (Fsp3) is 0.455. The van der Waals surface area contributed by atoms with Crippen molar-refractivity contribution in [2.45, 2.75) is 57.8 Å². The summed E-state index contributed by atoms with van der Waals surface area (Å²) in [7, 11) is 0. The molecule has 170 valence electrons. The zero-order valence-electron chi connectivity index (χ0n) is 18.2.